The van der Waals surface area contributed by atoms with Crippen molar-refractivity contribution >= 4 is 65.6 Å². The lowest BCUT2D eigenvalue weighted by atomic mass is 9.82. The van der Waals surface area contributed by atoms with Crippen LogP contribution in [0.3, 0.4) is 0 Å². The fraction of sp³-hybridized carbons (Fsp3) is 0.0526. The fourth-order valence-corrected chi connectivity index (χ4v) is 10.5. The first kappa shape index (κ1) is 33.4. The molecular formula is C57H38N2O. The molecule has 0 unspecified atom stereocenters. The molecule has 9 aromatic carbocycles. The number of rotatable bonds is 4. The molecule has 282 valence electrons. The molecule has 3 nitrogen and oxygen atoms in total. The van der Waals surface area contributed by atoms with Gasteiger partial charge in [-0.1, -0.05) is 135 Å². The van der Waals surface area contributed by atoms with E-state index in [1.165, 1.54) is 88.2 Å². The number of hydrogen-bond donors (Lipinski definition) is 0. The summed E-state index contributed by atoms with van der Waals surface area (Å²) in [5, 5.41) is 7.28. The Labute approximate surface area is 347 Å². The van der Waals surface area contributed by atoms with E-state index in [0.29, 0.717) is 0 Å². The molecule has 13 rings (SSSR count). The molecule has 0 aliphatic heterocycles. The molecule has 1 aliphatic carbocycles. The average molecular weight is 767 g/mol. The van der Waals surface area contributed by atoms with Crippen molar-refractivity contribution in [3.63, 3.8) is 0 Å². The van der Waals surface area contributed by atoms with Crippen molar-refractivity contribution in [1.29, 1.82) is 0 Å². The summed E-state index contributed by atoms with van der Waals surface area (Å²) in [5.74, 6) is 0. The van der Waals surface area contributed by atoms with Gasteiger partial charge in [-0.2, -0.15) is 0 Å². The second-order valence-corrected chi connectivity index (χ2v) is 16.9. The Kier molecular flexibility index (Phi) is 6.78. The van der Waals surface area contributed by atoms with Crippen LogP contribution in [0, 0.1) is 0 Å². The minimum absolute atomic E-state index is 0.0668. The normalized spacial score (nSPS) is 13.3. The van der Waals surface area contributed by atoms with E-state index in [4.69, 9.17) is 4.42 Å². The molecule has 0 N–H and O–H groups in total. The minimum atomic E-state index is -0.0668. The topological polar surface area (TPSA) is 23.0 Å². The first-order chi connectivity index (χ1) is 29.5. The molecule has 60 heavy (non-hydrogen) atoms. The van der Waals surface area contributed by atoms with E-state index < -0.39 is 0 Å². The Balaban J connectivity index is 0.943. The van der Waals surface area contributed by atoms with Crippen LogP contribution in [-0.4, -0.2) is 9.13 Å². The van der Waals surface area contributed by atoms with E-state index in [1.807, 2.05) is 12.1 Å². The standard InChI is InChI=1S/C57H38N2O/c1-57(2)48-20-7-3-15-41(48)42-28-27-39(34-49(42)57)59-51-22-9-5-17-44(51)47-33-36(26-30-53(47)59)35-25-29-52-46(32-35)43-16-4-8-21-50(43)58(52)38-14-11-13-37(31-38)40-19-12-24-55-56(40)45-18-6-10-23-54(45)60-55/h3-34H,1-2H3. The summed E-state index contributed by atoms with van der Waals surface area (Å²) < 4.78 is 11.1. The molecule has 0 atom stereocenters. The van der Waals surface area contributed by atoms with E-state index in [9.17, 15) is 0 Å². The van der Waals surface area contributed by atoms with Crippen molar-refractivity contribution < 1.29 is 4.42 Å². The zero-order valence-electron chi connectivity index (χ0n) is 33.3. The zero-order chi connectivity index (χ0) is 39.7. The van der Waals surface area contributed by atoms with Gasteiger partial charge in [-0.3, -0.25) is 0 Å². The predicted octanol–water partition coefficient (Wildman–Crippen LogP) is 15.4. The van der Waals surface area contributed by atoms with Crippen LogP contribution >= 0.6 is 0 Å². The Hall–Kier alpha value is -7.62. The summed E-state index contributed by atoms with van der Waals surface area (Å²) in [7, 11) is 0. The van der Waals surface area contributed by atoms with Gasteiger partial charge < -0.3 is 13.6 Å². The molecule has 0 bridgehead atoms. The number of fused-ring (bicyclic) bond motifs is 12. The highest BCUT2D eigenvalue weighted by molar-refractivity contribution is 6.14. The Bertz CT molecular complexity index is 3760. The van der Waals surface area contributed by atoms with Crippen LogP contribution in [0.5, 0.6) is 0 Å². The average Bonchev–Trinajstić information content (AvgIpc) is 4.01. The third kappa shape index (κ3) is 4.60. The third-order valence-corrected chi connectivity index (χ3v) is 13.3. The molecule has 0 saturated carbocycles. The van der Waals surface area contributed by atoms with Crippen molar-refractivity contribution in [2.75, 3.05) is 0 Å². The molecule has 12 aromatic rings. The number of nitrogens with zero attached hydrogens (tertiary/aromatic N) is 2. The maximum Gasteiger partial charge on any atom is 0.136 e. The minimum Gasteiger partial charge on any atom is -0.456 e. The summed E-state index contributed by atoms with van der Waals surface area (Å²) in [4.78, 5) is 0. The van der Waals surface area contributed by atoms with Crippen molar-refractivity contribution in [2.45, 2.75) is 19.3 Å². The first-order valence-corrected chi connectivity index (χ1v) is 20.8. The molecule has 1 aliphatic rings. The zero-order valence-corrected chi connectivity index (χ0v) is 33.3. The number of aromatic nitrogens is 2. The molecule has 3 heterocycles. The molecule has 3 aromatic heterocycles. The van der Waals surface area contributed by atoms with Gasteiger partial charge in [0.1, 0.15) is 11.2 Å². The lowest BCUT2D eigenvalue weighted by Crippen LogP contribution is -2.15. The highest BCUT2D eigenvalue weighted by Crippen LogP contribution is 2.50. The summed E-state index contributed by atoms with van der Waals surface area (Å²) >= 11 is 0. The van der Waals surface area contributed by atoms with E-state index in [2.05, 4.69) is 205 Å². The van der Waals surface area contributed by atoms with Crippen molar-refractivity contribution in [1.82, 2.24) is 9.13 Å². The monoisotopic (exact) mass is 766 g/mol. The summed E-state index contributed by atoms with van der Waals surface area (Å²) in [5.41, 5.74) is 19.1. The summed E-state index contributed by atoms with van der Waals surface area (Å²) in [6.45, 7) is 4.71. The number of furan rings is 1. The summed E-state index contributed by atoms with van der Waals surface area (Å²) in [6.07, 6.45) is 0. The van der Waals surface area contributed by atoms with Crippen LogP contribution in [0.1, 0.15) is 25.0 Å². The van der Waals surface area contributed by atoms with Crippen LogP contribution in [0.25, 0.3) is 110 Å². The van der Waals surface area contributed by atoms with Gasteiger partial charge >= 0.3 is 0 Å². The maximum atomic E-state index is 6.27. The van der Waals surface area contributed by atoms with Crippen molar-refractivity contribution in [3.05, 3.63) is 205 Å². The second kappa shape index (κ2) is 12.2. The molecular weight excluding hydrogens is 729 g/mol. The molecule has 0 amide bonds. The number of para-hydroxylation sites is 3. The predicted molar refractivity (Wildman–Crippen MR) is 251 cm³/mol. The van der Waals surface area contributed by atoms with Gasteiger partial charge in [-0.05, 0) is 117 Å². The van der Waals surface area contributed by atoms with E-state index in [-0.39, 0.29) is 5.41 Å². The van der Waals surface area contributed by atoms with Crippen LogP contribution in [0.15, 0.2) is 199 Å². The molecule has 0 radical (unpaired) electrons. The van der Waals surface area contributed by atoms with E-state index in [1.54, 1.807) is 0 Å². The second-order valence-electron chi connectivity index (χ2n) is 16.9. The van der Waals surface area contributed by atoms with Crippen molar-refractivity contribution in [3.8, 4) is 44.8 Å². The van der Waals surface area contributed by atoms with Gasteiger partial charge in [0.15, 0.2) is 0 Å². The van der Waals surface area contributed by atoms with Gasteiger partial charge in [-0.15, -0.1) is 0 Å². The summed E-state index contributed by atoms with van der Waals surface area (Å²) in [6, 6.07) is 71.2. The molecule has 0 saturated heterocycles. The van der Waals surface area contributed by atoms with E-state index >= 15 is 0 Å². The van der Waals surface area contributed by atoms with Crippen LogP contribution in [0.2, 0.25) is 0 Å². The van der Waals surface area contributed by atoms with Gasteiger partial charge in [-0.25, -0.2) is 0 Å². The first-order valence-electron chi connectivity index (χ1n) is 20.8. The Morgan fingerprint density at radius 1 is 0.350 bits per heavy atom. The SMILES string of the molecule is CC1(C)c2ccccc2-c2ccc(-n3c4ccccc4c4cc(-c5ccc6c(c5)c5ccccc5n6-c5cccc(-c6cccc7oc8ccccc8c67)c5)ccc43)cc21. The number of benzene rings is 9. The fourth-order valence-electron chi connectivity index (χ4n) is 10.5. The molecule has 0 spiro atoms. The van der Waals surface area contributed by atoms with Crippen LogP contribution in [0.4, 0.5) is 0 Å². The lowest BCUT2D eigenvalue weighted by Gasteiger charge is -2.22. The third-order valence-electron chi connectivity index (χ3n) is 13.3. The van der Waals surface area contributed by atoms with Gasteiger partial charge in [0.05, 0.1) is 22.1 Å². The Morgan fingerprint density at radius 2 is 0.900 bits per heavy atom. The number of hydrogen-bond acceptors (Lipinski definition) is 1. The van der Waals surface area contributed by atoms with Crippen LogP contribution in [-0.2, 0) is 5.41 Å². The largest absolute Gasteiger partial charge is 0.456 e. The quantitative estimate of drug-likeness (QED) is 0.175. The lowest BCUT2D eigenvalue weighted by molar-refractivity contribution is 0.660. The van der Waals surface area contributed by atoms with Gasteiger partial charge in [0.2, 0.25) is 0 Å². The highest BCUT2D eigenvalue weighted by atomic mass is 16.3. The van der Waals surface area contributed by atoms with Gasteiger partial charge in [0, 0.05) is 49.1 Å². The Morgan fingerprint density at radius 3 is 1.63 bits per heavy atom. The smallest absolute Gasteiger partial charge is 0.136 e. The maximum absolute atomic E-state index is 6.27. The molecule has 0 fully saturated rings. The highest BCUT2D eigenvalue weighted by Gasteiger charge is 2.35. The van der Waals surface area contributed by atoms with Crippen LogP contribution < -0.4 is 0 Å². The van der Waals surface area contributed by atoms with E-state index in [0.717, 1.165) is 33.2 Å². The van der Waals surface area contributed by atoms with Gasteiger partial charge in [0.25, 0.3) is 0 Å². The molecule has 3 heteroatoms. The van der Waals surface area contributed by atoms with Crippen molar-refractivity contribution in [2.24, 2.45) is 0 Å².